The van der Waals surface area contributed by atoms with Crippen LogP contribution < -0.4 is 4.74 Å². The third-order valence-corrected chi connectivity index (χ3v) is 3.59. The summed E-state index contributed by atoms with van der Waals surface area (Å²) in [7, 11) is 1.90. The van der Waals surface area contributed by atoms with Crippen molar-refractivity contribution in [3.63, 3.8) is 0 Å². The summed E-state index contributed by atoms with van der Waals surface area (Å²) < 4.78 is 12.4. The molecule has 0 saturated carbocycles. The number of rotatable bonds is 9. The molecule has 1 aromatic carbocycles. The number of carbonyl (C=O) groups excluding carboxylic acids is 2. The number of hydrogen-bond acceptors (Lipinski definition) is 4. The summed E-state index contributed by atoms with van der Waals surface area (Å²) in [6.07, 6.45) is 5.82. The predicted octanol–water partition coefficient (Wildman–Crippen LogP) is 3.63. The molecule has 0 atom stereocenters. The fourth-order valence-electron chi connectivity index (χ4n) is 2.29. The zero-order chi connectivity index (χ0) is 17.4. The SMILES string of the molecule is CCOC(=O)c1ccc(OCCCCC(=O)c2ccn(C)c2)cc1. The van der Waals surface area contributed by atoms with Crippen molar-refractivity contribution < 1.29 is 19.1 Å². The third-order valence-electron chi connectivity index (χ3n) is 3.59. The lowest BCUT2D eigenvalue weighted by atomic mass is 10.1. The minimum atomic E-state index is -0.330. The van der Waals surface area contributed by atoms with Gasteiger partial charge in [0.05, 0.1) is 18.8 Å². The molecule has 0 amide bonds. The number of ether oxygens (including phenoxy) is 2. The van der Waals surface area contributed by atoms with E-state index in [1.807, 2.05) is 30.1 Å². The molecule has 0 saturated heterocycles. The van der Waals surface area contributed by atoms with Gasteiger partial charge < -0.3 is 14.0 Å². The van der Waals surface area contributed by atoms with E-state index >= 15 is 0 Å². The normalized spacial score (nSPS) is 10.4. The number of esters is 1. The van der Waals surface area contributed by atoms with E-state index in [0.29, 0.717) is 30.9 Å². The number of nitrogens with zero attached hydrogens (tertiary/aromatic N) is 1. The molecule has 0 aliphatic carbocycles. The summed E-state index contributed by atoms with van der Waals surface area (Å²) in [6.45, 7) is 2.68. The Morgan fingerprint density at radius 3 is 2.42 bits per heavy atom. The molecular weight excluding hydrogens is 306 g/mol. The average molecular weight is 329 g/mol. The van der Waals surface area contributed by atoms with Crippen LogP contribution >= 0.6 is 0 Å². The number of benzene rings is 1. The molecule has 1 aromatic heterocycles. The number of aryl methyl sites for hydroxylation is 1. The van der Waals surface area contributed by atoms with E-state index < -0.39 is 0 Å². The van der Waals surface area contributed by atoms with Crippen LogP contribution in [0.5, 0.6) is 5.75 Å². The first-order valence-corrected chi connectivity index (χ1v) is 8.15. The van der Waals surface area contributed by atoms with Crippen molar-refractivity contribution in [1.82, 2.24) is 4.57 Å². The van der Waals surface area contributed by atoms with Crippen LogP contribution in [0, 0.1) is 0 Å². The summed E-state index contributed by atoms with van der Waals surface area (Å²) in [5.41, 5.74) is 1.27. The number of ketones is 1. The highest BCUT2D eigenvalue weighted by atomic mass is 16.5. The minimum Gasteiger partial charge on any atom is -0.494 e. The van der Waals surface area contributed by atoms with E-state index in [2.05, 4.69) is 0 Å². The van der Waals surface area contributed by atoms with Gasteiger partial charge >= 0.3 is 5.97 Å². The van der Waals surface area contributed by atoms with Gasteiger partial charge in [-0.15, -0.1) is 0 Å². The second-order valence-electron chi connectivity index (χ2n) is 5.54. The molecule has 2 aromatic rings. The smallest absolute Gasteiger partial charge is 0.338 e. The highest BCUT2D eigenvalue weighted by Crippen LogP contribution is 2.14. The first-order valence-electron chi connectivity index (χ1n) is 8.15. The molecular formula is C19H23NO4. The van der Waals surface area contributed by atoms with E-state index in [0.717, 1.165) is 18.4 Å². The second kappa shape index (κ2) is 8.91. The molecule has 5 heteroatoms. The van der Waals surface area contributed by atoms with Gasteiger partial charge in [-0.1, -0.05) is 0 Å². The molecule has 5 nitrogen and oxygen atoms in total. The molecule has 0 spiro atoms. The van der Waals surface area contributed by atoms with Crippen LogP contribution in [0.2, 0.25) is 0 Å². The lowest BCUT2D eigenvalue weighted by molar-refractivity contribution is 0.0526. The maximum Gasteiger partial charge on any atom is 0.338 e. The van der Waals surface area contributed by atoms with E-state index in [1.165, 1.54) is 0 Å². The molecule has 0 unspecified atom stereocenters. The van der Waals surface area contributed by atoms with Gasteiger partial charge in [0, 0.05) is 31.4 Å². The highest BCUT2D eigenvalue weighted by molar-refractivity contribution is 5.95. The Morgan fingerprint density at radius 1 is 1.04 bits per heavy atom. The van der Waals surface area contributed by atoms with Crippen LogP contribution in [-0.2, 0) is 11.8 Å². The molecule has 0 bridgehead atoms. The Kier molecular flexibility index (Phi) is 6.61. The van der Waals surface area contributed by atoms with Crippen molar-refractivity contribution in [3.8, 4) is 5.75 Å². The summed E-state index contributed by atoms with van der Waals surface area (Å²) >= 11 is 0. The van der Waals surface area contributed by atoms with Crippen molar-refractivity contribution in [3.05, 3.63) is 53.9 Å². The minimum absolute atomic E-state index is 0.161. The van der Waals surface area contributed by atoms with Crippen LogP contribution in [-0.4, -0.2) is 29.5 Å². The molecule has 0 aliphatic rings. The average Bonchev–Trinajstić information content (AvgIpc) is 3.02. The zero-order valence-corrected chi connectivity index (χ0v) is 14.2. The van der Waals surface area contributed by atoms with Crippen LogP contribution in [0.1, 0.15) is 46.9 Å². The number of aromatic nitrogens is 1. The molecule has 24 heavy (non-hydrogen) atoms. The summed E-state index contributed by atoms with van der Waals surface area (Å²) in [6, 6.07) is 8.71. The Labute approximate surface area is 142 Å². The zero-order valence-electron chi connectivity index (χ0n) is 14.2. The van der Waals surface area contributed by atoms with Gasteiger partial charge in [-0.05, 0) is 50.1 Å². The molecule has 0 N–H and O–H groups in total. The fourth-order valence-corrected chi connectivity index (χ4v) is 2.29. The van der Waals surface area contributed by atoms with E-state index in [-0.39, 0.29) is 11.8 Å². The van der Waals surface area contributed by atoms with Gasteiger partial charge in [0.25, 0.3) is 0 Å². The van der Waals surface area contributed by atoms with Crippen molar-refractivity contribution in [1.29, 1.82) is 0 Å². The first-order chi connectivity index (χ1) is 11.6. The van der Waals surface area contributed by atoms with Gasteiger partial charge in [0.2, 0.25) is 0 Å². The number of Topliss-reactive ketones (excluding diaryl/α,β-unsaturated/α-hetero) is 1. The standard InChI is InChI=1S/C19H23NO4/c1-3-23-19(22)15-7-9-17(10-8-15)24-13-5-4-6-18(21)16-11-12-20(2)14-16/h7-12,14H,3-6,13H2,1-2H3. The third kappa shape index (κ3) is 5.26. The van der Waals surface area contributed by atoms with E-state index in [9.17, 15) is 9.59 Å². The lowest BCUT2D eigenvalue weighted by Gasteiger charge is -2.07. The Hall–Kier alpha value is -2.56. The maximum atomic E-state index is 11.9. The summed E-state index contributed by atoms with van der Waals surface area (Å²) in [5.74, 6) is 0.537. The van der Waals surface area contributed by atoms with E-state index in [1.54, 1.807) is 31.2 Å². The Morgan fingerprint density at radius 2 is 1.79 bits per heavy atom. The Balaban J connectivity index is 1.67. The highest BCUT2D eigenvalue weighted by Gasteiger charge is 2.07. The van der Waals surface area contributed by atoms with Crippen LogP contribution in [0.4, 0.5) is 0 Å². The lowest BCUT2D eigenvalue weighted by Crippen LogP contribution is -2.05. The van der Waals surface area contributed by atoms with E-state index in [4.69, 9.17) is 9.47 Å². The molecule has 0 aliphatic heterocycles. The molecule has 128 valence electrons. The van der Waals surface area contributed by atoms with Gasteiger partial charge in [-0.25, -0.2) is 4.79 Å². The first kappa shape index (κ1) is 17.8. The molecule has 1 heterocycles. The molecule has 0 fully saturated rings. The van der Waals surface area contributed by atoms with Gasteiger partial charge in [0.15, 0.2) is 5.78 Å². The maximum absolute atomic E-state index is 11.9. The quantitative estimate of drug-likeness (QED) is 0.400. The monoisotopic (exact) mass is 329 g/mol. The topological polar surface area (TPSA) is 57.5 Å². The number of unbranched alkanes of at least 4 members (excludes halogenated alkanes) is 1. The van der Waals surface area contributed by atoms with Gasteiger partial charge in [-0.3, -0.25) is 4.79 Å². The largest absolute Gasteiger partial charge is 0.494 e. The van der Waals surface area contributed by atoms with Crippen LogP contribution in [0.25, 0.3) is 0 Å². The van der Waals surface area contributed by atoms with Crippen LogP contribution in [0.15, 0.2) is 42.7 Å². The van der Waals surface area contributed by atoms with Gasteiger partial charge in [0.1, 0.15) is 5.75 Å². The number of carbonyl (C=O) groups is 2. The second-order valence-corrected chi connectivity index (χ2v) is 5.54. The van der Waals surface area contributed by atoms with Gasteiger partial charge in [-0.2, -0.15) is 0 Å². The van der Waals surface area contributed by atoms with Crippen LogP contribution in [0.3, 0.4) is 0 Å². The van der Waals surface area contributed by atoms with Crippen molar-refractivity contribution >= 4 is 11.8 Å². The van der Waals surface area contributed by atoms with Crippen molar-refractivity contribution in [2.24, 2.45) is 7.05 Å². The predicted molar refractivity (Wildman–Crippen MR) is 91.5 cm³/mol. The number of hydrogen-bond donors (Lipinski definition) is 0. The van der Waals surface area contributed by atoms with Crippen molar-refractivity contribution in [2.75, 3.05) is 13.2 Å². The summed E-state index contributed by atoms with van der Waals surface area (Å²) in [5, 5.41) is 0. The fraction of sp³-hybridized carbons (Fsp3) is 0.368. The summed E-state index contributed by atoms with van der Waals surface area (Å²) in [4.78, 5) is 23.5. The Bertz CT molecular complexity index is 673. The van der Waals surface area contributed by atoms with Crippen molar-refractivity contribution in [2.45, 2.75) is 26.2 Å². The molecule has 0 radical (unpaired) electrons. The molecule has 2 rings (SSSR count).